The number of aryl methyl sites for hydroxylation is 1. The number of likely N-dealkylation sites (N-methyl/N-ethyl adjacent to an activating group) is 1. The highest BCUT2D eigenvalue weighted by Gasteiger charge is 2.14. The van der Waals surface area contributed by atoms with Crippen molar-refractivity contribution in [2.24, 2.45) is 0 Å². The SMILES string of the molecule is Cc1nc(NC(C)C(=O)N(C)C)cc(=O)[nH]1. The maximum Gasteiger partial charge on any atom is 0.252 e. The van der Waals surface area contributed by atoms with E-state index in [1.165, 1.54) is 11.0 Å². The van der Waals surface area contributed by atoms with Crippen molar-refractivity contribution < 1.29 is 4.79 Å². The first kappa shape index (κ1) is 12.2. The Balaban J connectivity index is 2.81. The molecule has 0 aliphatic rings. The molecule has 6 nitrogen and oxygen atoms in total. The molecule has 0 aliphatic heterocycles. The Hall–Kier alpha value is -1.85. The van der Waals surface area contributed by atoms with Crippen molar-refractivity contribution in [2.45, 2.75) is 19.9 Å². The number of hydrogen-bond acceptors (Lipinski definition) is 4. The second-order valence-corrected chi connectivity index (χ2v) is 3.81. The Morgan fingerprint density at radius 1 is 1.56 bits per heavy atom. The highest BCUT2D eigenvalue weighted by molar-refractivity contribution is 5.83. The van der Waals surface area contributed by atoms with E-state index in [-0.39, 0.29) is 11.5 Å². The lowest BCUT2D eigenvalue weighted by Crippen LogP contribution is -2.37. The molecule has 0 aliphatic carbocycles. The van der Waals surface area contributed by atoms with Crippen LogP contribution in [0.5, 0.6) is 0 Å². The summed E-state index contributed by atoms with van der Waals surface area (Å²) in [7, 11) is 3.36. The van der Waals surface area contributed by atoms with Crippen molar-refractivity contribution in [3.63, 3.8) is 0 Å². The summed E-state index contributed by atoms with van der Waals surface area (Å²) in [4.78, 5) is 30.8. The third kappa shape index (κ3) is 3.08. The number of amides is 1. The van der Waals surface area contributed by atoms with Crippen LogP contribution in [-0.4, -0.2) is 40.9 Å². The number of nitrogens with one attached hydrogen (secondary N) is 2. The van der Waals surface area contributed by atoms with Gasteiger partial charge in [-0.3, -0.25) is 9.59 Å². The molecule has 1 aromatic rings. The Morgan fingerprint density at radius 3 is 2.69 bits per heavy atom. The summed E-state index contributed by atoms with van der Waals surface area (Å²) < 4.78 is 0. The van der Waals surface area contributed by atoms with Crippen molar-refractivity contribution in [1.82, 2.24) is 14.9 Å². The lowest BCUT2D eigenvalue weighted by Gasteiger charge is -2.18. The molecule has 6 heteroatoms. The van der Waals surface area contributed by atoms with Crippen LogP contribution in [-0.2, 0) is 4.79 Å². The van der Waals surface area contributed by atoms with Crippen molar-refractivity contribution in [3.05, 3.63) is 22.2 Å². The van der Waals surface area contributed by atoms with Crippen LogP contribution in [0.4, 0.5) is 5.82 Å². The molecule has 0 spiro atoms. The Labute approximate surface area is 93.7 Å². The Morgan fingerprint density at radius 2 is 2.19 bits per heavy atom. The van der Waals surface area contributed by atoms with Gasteiger partial charge < -0.3 is 15.2 Å². The van der Waals surface area contributed by atoms with Gasteiger partial charge in [-0.05, 0) is 13.8 Å². The fourth-order valence-electron chi connectivity index (χ4n) is 1.32. The van der Waals surface area contributed by atoms with Crippen molar-refractivity contribution in [1.29, 1.82) is 0 Å². The van der Waals surface area contributed by atoms with Crippen LogP contribution in [0.1, 0.15) is 12.7 Å². The van der Waals surface area contributed by atoms with Crippen LogP contribution < -0.4 is 10.9 Å². The number of rotatable bonds is 3. The zero-order valence-electron chi connectivity index (χ0n) is 9.87. The third-order valence-electron chi connectivity index (χ3n) is 2.04. The first-order chi connectivity index (χ1) is 7.40. The molecule has 1 rings (SSSR count). The maximum absolute atomic E-state index is 11.6. The zero-order chi connectivity index (χ0) is 12.3. The van der Waals surface area contributed by atoms with Crippen LogP contribution in [0.15, 0.2) is 10.9 Å². The lowest BCUT2D eigenvalue weighted by molar-refractivity contribution is -0.129. The smallest absolute Gasteiger partial charge is 0.252 e. The molecule has 0 saturated heterocycles. The highest BCUT2D eigenvalue weighted by atomic mass is 16.2. The van der Waals surface area contributed by atoms with Crippen molar-refractivity contribution >= 4 is 11.7 Å². The van der Waals surface area contributed by atoms with Gasteiger partial charge in [0, 0.05) is 20.2 Å². The van der Waals surface area contributed by atoms with Crippen LogP contribution in [0, 0.1) is 6.92 Å². The van der Waals surface area contributed by atoms with E-state index in [0.29, 0.717) is 11.6 Å². The number of nitrogens with zero attached hydrogens (tertiary/aromatic N) is 2. The van der Waals surface area contributed by atoms with Gasteiger partial charge in [0.05, 0.1) is 0 Å². The number of anilines is 1. The molecule has 0 bridgehead atoms. The van der Waals surface area contributed by atoms with E-state index in [2.05, 4.69) is 15.3 Å². The molecular formula is C10H16N4O2. The quantitative estimate of drug-likeness (QED) is 0.755. The van der Waals surface area contributed by atoms with Gasteiger partial charge in [0.2, 0.25) is 5.91 Å². The van der Waals surface area contributed by atoms with Crippen molar-refractivity contribution in [3.8, 4) is 0 Å². The van der Waals surface area contributed by atoms with E-state index in [9.17, 15) is 9.59 Å². The fourth-order valence-corrected chi connectivity index (χ4v) is 1.32. The molecule has 0 fully saturated rings. The van der Waals surface area contributed by atoms with Gasteiger partial charge in [0.15, 0.2) is 0 Å². The Kier molecular flexibility index (Phi) is 3.65. The minimum absolute atomic E-state index is 0.0697. The first-order valence-corrected chi connectivity index (χ1v) is 4.96. The van der Waals surface area contributed by atoms with E-state index >= 15 is 0 Å². The van der Waals surface area contributed by atoms with Crippen LogP contribution in [0.3, 0.4) is 0 Å². The van der Waals surface area contributed by atoms with E-state index in [1.54, 1.807) is 27.9 Å². The summed E-state index contributed by atoms with van der Waals surface area (Å²) in [6.07, 6.45) is 0. The molecular weight excluding hydrogens is 208 g/mol. The second-order valence-electron chi connectivity index (χ2n) is 3.81. The van der Waals surface area contributed by atoms with E-state index in [4.69, 9.17) is 0 Å². The number of H-pyrrole nitrogens is 1. The topological polar surface area (TPSA) is 78.1 Å². The molecule has 16 heavy (non-hydrogen) atoms. The molecule has 1 heterocycles. The molecule has 1 aromatic heterocycles. The second kappa shape index (κ2) is 4.78. The standard InChI is InChI=1S/C10H16N4O2/c1-6(10(16)14(3)4)11-8-5-9(15)13-7(2)12-8/h5-6H,1-4H3,(H2,11,12,13,15). The highest BCUT2D eigenvalue weighted by Crippen LogP contribution is 2.02. The average Bonchev–Trinajstić information content (AvgIpc) is 2.14. The number of aromatic amines is 1. The van der Waals surface area contributed by atoms with Gasteiger partial charge >= 0.3 is 0 Å². The zero-order valence-corrected chi connectivity index (χ0v) is 9.87. The number of carbonyl (C=O) groups is 1. The fraction of sp³-hybridized carbons (Fsp3) is 0.500. The molecule has 1 amide bonds. The summed E-state index contributed by atoms with van der Waals surface area (Å²) >= 11 is 0. The molecule has 2 N–H and O–H groups in total. The molecule has 0 radical (unpaired) electrons. The van der Waals surface area contributed by atoms with Gasteiger partial charge in [0.25, 0.3) is 5.56 Å². The predicted octanol–water partition coefficient (Wildman–Crippen LogP) is -0.0331. The molecule has 88 valence electrons. The summed E-state index contributed by atoms with van der Waals surface area (Å²) in [5.41, 5.74) is -0.237. The van der Waals surface area contributed by atoms with Crippen LogP contribution in [0.2, 0.25) is 0 Å². The summed E-state index contributed by atoms with van der Waals surface area (Å²) in [5, 5.41) is 2.88. The van der Waals surface area contributed by atoms with Gasteiger partial charge in [0.1, 0.15) is 17.7 Å². The summed E-state index contributed by atoms with van der Waals surface area (Å²) in [6.45, 7) is 3.41. The predicted molar refractivity (Wildman–Crippen MR) is 61.4 cm³/mol. The van der Waals surface area contributed by atoms with E-state index < -0.39 is 6.04 Å². The minimum Gasteiger partial charge on any atom is -0.358 e. The van der Waals surface area contributed by atoms with Crippen LogP contribution >= 0.6 is 0 Å². The van der Waals surface area contributed by atoms with Gasteiger partial charge in [-0.15, -0.1) is 0 Å². The summed E-state index contributed by atoms with van der Waals surface area (Å²) in [6, 6.07) is 0.913. The molecule has 1 atom stereocenters. The number of hydrogen-bond donors (Lipinski definition) is 2. The van der Waals surface area contributed by atoms with Gasteiger partial charge in [-0.1, -0.05) is 0 Å². The normalized spacial score (nSPS) is 12.0. The van der Waals surface area contributed by atoms with Crippen LogP contribution in [0.25, 0.3) is 0 Å². The van der Waals surface area contributed by atoms with Gasteiger partial charge in [-0.25, -0.2) is 4.98 Å². The van der Waals surface area contributed by atoms with Crippen molar-refractivity contribution in [2.75, 3.05) is 19.4 Å². The Bertz CT molecular complexity index is 439. The molecule has 1 unspecified atom stereocenters. The average molecular weight is 224 g/mol. The molecule has 0 saturated carbocycles. The number of carbonyl (C=O) groups excluding carboxylic acids is 1. The largest absolute Gasteiger partial charge is 0.358 e. The monoisotopic (exact) mass is 224 g/mol. The molecule has 0 aromatic carbocycles. The number of aromatic nitrogens is 2. The van der Waals surface area contributed by atoms with E-state index in [1.807, 2.05) is 0 Å². The summed E-state index contributed by atoms with van der Waals surface area (Å²) in [5.74, 6) is 0.850. The third-order valence-corrected chi connectivity index (χ3v) is 2.04. The maximum atomic E-state index is 11.6. The lowest BCUT2D eigenvalue weighted by atomic mass is 10.3. The van der Waals surface area contributed by atoms with E-state index in [0.717, 1.165) is 0 Å². The van der Waals surface area contributed by atoms with Gasteiger partial charge in [-0.2, -0.15) is 0 Å². The first-order valence-electron chi connectivity index (χ1n) is 4.96. The minimum atomic E-state index is -0.413.